The van der Waals surface area contributed by atoms with Crippen molar-refractivity contribution in [3.8, 4) is 11.3 Å². The van der Waals surface area contributed by atoms with Crippen molar-refractivity contribution in [2.45, 2.75) is 31.9 Å². The average molecular weight is 568 g/mol. The molecule has 200 valence electrons. The third-order valence-electron chi connectivity index (χ3n) is 7.11. The van der Waals surface area contributed by atoms with Gasteiger partial charge in [0, 0.05) is 45.8 Å². The summed E-state index contributed by atoms with van der Waals surface area (Å²) >= 11 is 3.73. The molecule has 12 heteroatoms. The molecule has 3 aromatic carbocycles. The van der Waals surface area contributed by atoms with Gasteiger partial charge in [0.25, 0.3) is 5.91 Å². The number of hydrogen-bond donors (Lipinski definition) is 2. The number of carbonyl (C=O) groups excluding carboxylic acids is 1. The smallest absolute Gasteiger partial charge is 0.493 e. The first-order chi connectivity index (χ1) is 18.7. The molecule has 1 atom stereocenters. The summed E-state index contributed by atoms with van der Waals surface area (Å²) in [5, 5.41) is 13.5. The summed E-state index contributed by atoms with van der Waals surface area (Å²) in [6.45, 7) is 0.156. The van der Waals surface area contributed by atoms with Gasteiger partial charge in [-0.2, -0.15) is 0 Å². The van der Waals surface area contributed by atoms with Gasteiger partial charge in [-0.1, -0.05) is 17.7 Å². The van der Waals surface area contributed by atoms with Crippen LogP contribution in [0.3, 0.4) is 0 Å². The molecule has 4 aromatic rings. The van der Waals surface area contributed by atoms with Crippen molar-refractivity contribution in [1.82, 2.24) is 5.32 Å². The highest BCUT2D eigenvalue weighted by atomic mass is 35.5. The molecule has 0 saturated heterocycles. The van der Waals surface area contributed by atoms with Crippen LogP contribution in [0.15, 0.2) is 52.9 Å². The van der Waals surface area contributed by atoms with Crippen LogP contribution in [0.2, 0.25) is 5.02 Å². The first-order valence-corrected chi connectivity index (χ1v) is 13.7. The molecule has 2 N–H and O–H groups in total. The van der Waals surface area contributed by atoms with Gasteiger partial charge in [-0.25, -0.2) is 4.39 Å². The number of hydrogen-bond acceptors (Lipinski definition) is 6. The number of amides is 1. The minimum Gasteiger partial charge on any atom is -0.755 e. The van der Waals surface area contributed by atoms with E-state index in [1.165, 1.54) is 35.6 Å². The van der Waals surface area contributed by atoms with Crippen LogP contribution in [0.25, 0.3) is 22.3 Å². The maximum absolute atomic E-state index is 13.6. The Hall–Kier alpha value is -3.22. The van der Waals surface area contributed by atoms with Gasteiger partial charge >= 0.3 is 7.12 Å². The van der Waals surface area contributed by atoms with Gasteiger partial charge in [0.2, 0.25) is 0 Å². The van der Waals surface area contributed by atoms with Crippen LogP contribution in [-0.2, 0) is 29.1 Å². The number of nitrogens with one attached hydrogen (secondary N) is 1. The van der Waals surface area contributed by atoms with Gasteiger partial charge < -0.3 is 24.0 Å². The van der Waals surface area contributed by atoms with Crippen molar-refractivity contribution in [3.05, 3.63) is 81.6 Å². The quantitative estimate of drug-likeness (QED) is 0.256. The Morgan fingerprint density at radius 3 is 2.67 bits per heavy atom. The molecular formula is C27H22BClFN2O6S-. The minimum atomic E-state index is -2.66. The first-order valence-electron chi connectivity index (χ1n) is 12.3. The highest BCUT2D eigenvalue weighted by Crippen LogP contribution is 2.48. The largest absolute Gasteiger partial charge is 0.755 e. The standard InChI is InChI=1S/C27H23BClFN2O6S/c1-31-27(33)24-20-10-19(15-2-3-15)22(11-23(20)38-26(24)16-4-6-18(30)7-5-16)32(39(35)36)12-14-8-17-13-37-28(34)25(17)21(29)9-14/h4-11,15,34H,2-3,12-13H2,1H3,(H,31,33)(H,35,36)/p-1. The minimum absolute atomic E-state index is 0.0156. The summed E-state index contributed by atoms with van der Waals surface area (Å²) in [5.74, 6) is -0.397. The molecule has 6 rings (SSSR count). The lowest BCUT2D eigenvalue weighted by Crippen LogP contribution is -2.30. The fourth-order valence-electron chi connectivity index (χ4n) is 5.10. The molecule has 0 spiro atoms. The molecule has 2 heterocycles. The number of rotatable bonds is 7. The molecule has 1 aliphatic carbocycles. The number of nitrogens with zero attached hydrogens (tertiary/aromatic N) is 1. The molecule has 39 heavy (non-hydrogen) atoms. The second-order valence-corrected chi connectivity index (χ2v) is 10.9. The van der Waals surface area contributed by atoms with Gasteiger partial charge in [0.1, 0.15) is 17.2 Å². The first kappa shape index (κ1) is 26.0. The van der Waals surface area contributed by atoms with Crippen LogP contribution in [0, 0.1) is 5.82 Å². The van der Waals surface area contributed by atoms with Crippen molar-refractivity contribution < 1.29 is 32.0 Å². The van der Waals surface area contributed by atoms with Gasteiger partial charge in [-0.05, 0) is 71.8 Å². The molecule has 2 aliphatic rings. The molecule has 1 unspecified atom stereocenters. The van der Waals surface area contributed by atoms with Crippen molar-refractivity contribution in [1.29, 1.82) is 0 Å². The molecular weight excluding hydrogens is 546 g/mol. The third kappa shape index (κ3) is 4.74. The Morgan fingerprint density at radius 2 is 2.00 bits per heavy atom. The molecule has 0 radical (unpaired) electrons. The Labute approximate surface area is 231 Å². The Balaban J connectivity index is 1.49. The lowest BCUT2D eigenvalue weighted by Gasteiger charge is -2.29. The second kappa shape index (κ2) is 10.1. The fraction of sp³-hybridized carbons (Fsp3) is 0.222. The van der Waals surface area contributed by atoms with Crippen LogP contribution < -0.4 is 15.1 Å². The maximum atomic E-state index is 13.6. The van der Waals surface area contributed by atoms with Crippen molar-refractivity contribution >= 4 is 58.0 Å². The molecule has 1 aliphatic heterocycles. The average Bonchev–Trinajstić information content (AvgIpc) is 3.59. The van der Waals surface area contributed by atoms with Crippen LogP contribution >= 0.6 is 11.6 Å². The number of halogens is 2. The summed E-state index contributed by atoms with van der Waals surface area (Å²) < 4.78 is 51.4. The van der Waals surface area contributed by atoms with Crippen LogP contribution in [-0.4, -0.2) is 33.9 Å². The number of furan rings is 1. The van der Waals surface area contributed by atoms with Crippen LogP contribution in [0.4, 0.5) is 10.1 Å². The van der Waals surface area contributed by atoms with E-state index in [0.717, 1.165) is 18.4 Å². The van der Waals surface area contributed by atoms with E-state index in [1.807, 2.05) is 6.07 Å². The third-order valence-corrected chi connectivity index (χ3v) is 8.11. The van der Waals surface area contributed by atoms with E-state index in [9.17, 15) is 23.0 Å². The molecule has 0 bridgehead atoms. The van der Waals surface area contributed by atoms with Crippen molar-refractivity contribution in [2.75, 3.05) is 11.4 Å². The zero-order valence-corrected chi connectivity index (χ0v) is 22.3. The van der Waals surface area contributed by atoms with Crippen molar-refractivity contribution in [3.63, 3.8) is 0 Å². The fourth-order valence-corrected chi connectivity index (χ4v) is 6.03. The zero-order chi connectivity index (χ0) is 27.4. The van der Waals surface area contributed by atoms with Crippen LogP contribution in [0.1, 0.15) is 45.8 Å². The van der Waals surface area contributed by atoms with Crippen molar-refractivity contribution in [2.24, 2.45) is 0 Å². The lowest BCUT2D eigenvalue weighted by atomic mass is 9.79. The maximum Gasteiger partial charge on any atom is 0.493 e. The normalized spacial score (nSPS) is 15.5. The summed E-state index contributed by atoms with van der Waals surface area (Å²) in [4.78, 5) is 13.0. The number of benzene rings is 3. The SMILES string of the molecule is CNC(=O)c1c(-c2ccc(F)cc2)oc2cc(N(Cc3cc(Cl)c4c(c3)COB4O)S(=O)[O-])c(C3CC3)cc12. The molecule has 1 amide bonds. The Morgan fingerprint density at radius 1 is 1.26 bits per heavy atom. The van der Waals surface area contributed by atoms with Gasteiger partial charge in [-0.3, -0.25) is 13.3 Å². The van der Waals surface area contributed by atoms with E-state index < -0.39 is 24.2 Å². The summed E-state index contributed by atoms with van der Waals surface area (Å²) in [6.07, 6.45) is 1.77. The van der Waals surface area contributed by atoms with E-state index >= 15 is 0 Å². The van der Waals surface area contributed by atoms with E-state index in [1.54, 1.807) is 18.2 Å². The zero-order valence-electron chi connectivity index (χ0n) is 20.7. The summed E-state index contributed by atoms with van der Waals surface area (Å²) in [7, 11) is 0.402. The Bertz CT molecular complexity index is 1640. The second-order valence-electron chi connectivity index (χ2n) is 9.64. The number of carbonyl (C=O) groups is 1. The van der Waals surface area contributed by atoms with Gasteiger partial charge in [-0.15, -0.1) is 0 Å². The van der Waals surface area contributed by atoms with E-state index in [2.05, 4.69) is 5.32 Å². The topological polar surface area (TPSA) is 115 Å². The lowest BCUT2D eigenvalue weighted by molar-refractivity contribution is 0.0964. The van der Waals surface area contributed by atoms with Gasteiger partial charge in [0.05, 0.1) is 24.4 Å². The molecule has 1 fully saturated rings. The monoisotopic (exact) mass is 567 g/mol. The molecule has 1 saturated carbocycles. The van der Waals surface area contributed by atoms with Gasteiger partial charge in [0.15, 0.2) is 0 Å². The predicted octanol–water partition coefficient (Wildman–Crippen LogP) is 4.15. The molecule has 1 aromatic heterocycles. The highest BCUT2D eigenvalue weighted by Gasteiger charge is 2.33. The van der Waals surface area contributed by atoms with E-state index in [4.69, 9.17) is 20.7 Å². The summed E-state index contributed by atoms with van der Waals surface area (Å²) in [6, 6.07) is 12.5. The Kier molecular flexibility index (Phi) is 6.72. The summed E-state index contributed by atoms with van der Waals surface area (Å²) in [5.41, 5.74) is 4.17. The number of anilines is 1. The van der Waals surface area contributed by atoms with Crippen LogP contribution in [0.5, 0.6) is 0 Å². The van der Waals surface area contributed by atoms with E-state index in [-0.39, 0.29) is 30.7 Å². The van der Waals surface area contributed by atoms with E-state index in [0.29, 0.717) is 49.4 Å². The molecule has 8 nitrogen and oxygen atoms in total. The predicted molar refractivity (Wildman–Crippen MR) is 146 cm³/mol. The number of fused-ring (bicyclic) bond motifs is 2. The highest BCUT2D eigenvalue weighted by molar-refractivity contribution is 7.80.